The zero-order valence-electron chi connectivity index (χ0n) is 12.9. The molecule has 1 aromatic rings. The Hall–Kier alpha value is -1.75. The van der Waals surface area contributed by atoms with Gasteiger partial charge in [-0.05, 0) is 23.5 Å². The van der Waals surface area contributed by atoms with E-state index in [0.717, 1.165) is 5.56 Å². The topological polar surface area (TPSA) is 54.0 Å². The summed E-state index contributed by atoms with van der Waals surface area (Å²) in [7, 11) is 4.64. The van der Waals surface area contributed by atoms with E-state index in [4.69, 9.17) is 18.9 Å². The number of Topliss-reactive ketones (excluding diaryl/α,β-unsaturated/α-hetero) is 1. The van der Waals surface area contributed by atoms with Gasteiger partial charge in [0.2, 0.25) is 5.75 Å². The van der Waals surface area contributed by atoms with Crippen molar-refractivity contribution in [2.45, 2.75) is 26.1 Å². The van der Waals surface area contributed by atoms with Gasteiger partial charge < -0.3 is 18.9 Å². The van der Waals surface area contributed by atoms with Crippen molar-refractivity contribution in [1.29, 1.82) is 0 Å². The molecule has 0 aliphatic carbocycles. The van der Waals surface area contributed by atoms with Gasteiger partial charge in [-0.1, -0.05) is 13.8 Å². The predicted molar refractivity (Wildman–Crippen MR) is 76.4 cm³/mol. The second-order valence-electron chi connectivity index (χ2n) is 5.67. The lowest BCUT2D eigenvalue weighted by Gasteiger charge is -2.27. The predicted octanol–water partition coefficient (Wildman–Crippen LogP) is 2.62. The number of carbonyl (C=O) groups is 1. The molecule has 0 amide bonds. The summed E-state index contributed by atoms with van der Waals surface area (Å²) >= 11 is 0. The number of benzene rings is 1. The summed E-state index contributed by atoms with van der Waals surface area (Å²) in [6.45, 7) is 4.17. The van der Waals surface area contributed by atoms with Crippen molar-refractivity contribution < 1.29 is 23.7 Å². The van der Waals surface area contributed by atoms with Gasteiger partial charge in [-0.25, -0.2) is 0 Å². The van der Waals surface area contributed by atoms with Gasteiger partial charge in [-0.2, -0.15) is 0 Å². The lowest BCUT2D eigenvalue weighted by Crippen LogP contribution is -2.30. The molecule has 0 aromatic heterocycles. The van der Waals surface area contributed by atoms with Crippen LogP contribution in [0.2, 0.25) is 0 Å². The number of fused-ring (bicyclic) bond motifs is 4. The van der Waals surface area contributed by atoms with Crippen LogP contribution >= 0.6 is 0 Å². The van der Waals surface area contributed by atoms with E-state index in [-0.39, 0.29) is 23.7 Å². The Morgan fingerprint density at radius 3 is 2.14 bits per heavy atom. The van der Waals surface area contributed by atoms with Gasteiger partial charge in [-0.15, -0.1) is 0 Å². The number of carbonyl (C=O) groups excluding carboxylic acids is 1. The minimum atomic E-state index is -0.399. The van der Waals surface area contributed by atoms with E-state index in [0.29, 0.717) is 22.8 Å². The molecule has 4 unspecified atom stereocenters. The Labute approximate surface area is 124 Å². The molecule has 1 aromatic carbocycles. The maximum Gasteiger partial charge on any atom is 0.204 e. The fourth-order valence-corrected chi connectivity index (χ4v) is 3.41. The molecule has 2 aliphatic heterocycles. The monoisotopic (exact) mass is 292 g/mol. The Bertz CT molecular complexity index is 595. The third kappa shape index (κ3) is 1.77. The standard InChI is InChI=1S/C16H20O5/c1-7-8(2)14-12(17)11-9(13(7)21-14)6-10(18-3)15(19-4)16(11)20-5/h6-8,13-14H,1-5H3. The van der Waals surface area contributed by atoms with E-state index >= 15 is 0 Å². The molecule has 4 atom stereocenters. The van der Waals surface area contributed by atoms with Gasteiger partial charge in [0.1, 0.15) is 6.10 Å². The first-order valence-electron chi connectivity index (χ1n) is 7.07. The Morgan fingerprint density at radius 1 is 0.952 bits per heavy atom. The molecule has 1 saturated heterocycles. The molecule has 3 rings (SSSR count). The third-order valence-electron chi connectivity index (χ3n) is 4.75. The fourth-order valence-electron chi connectivity index (χ4n) is 3.41. The van der Waals surface area contributed by atoms with Crippen LogP contribution in [0.3, 0.4) is 0 Å². The van der Waals surface area contributed by atoms with Crippen molar-refractivity contribution in [1.82, 2.24) is 0 Å². The maximum atomic E-state index is 12.8. The molecular weight excluding hydrogens is 272 g/mol. The zero-order chi connectivity index (χ0) is 15.3. The summed E-state index contributed by atoms with van der Waals surface area (Å²) < 4.78 is 22.1. The SMILES string of the molecule is COc1cc2c(c(OC)c1OC)C(=O)C1OC2C(C)C1C. The molecule has 2 aliphatic rings. The minimum Gasteiger partial charge on any atom is -0.493 e. The summed E-state index contributed by atoms with van der Waals surface area (Å²) in [5.41, 5.74) is 1.41. The van der Waals surface area contributed by atoms with E-state index in [1.54, 1.807) is 7.11 Å². The van der Waals surface area contributed by atoms with Crippen LogP contribution in [-0.4, -0.2) is 33.2 Å². The highest BCUT2D eigenvalue weighted by molar-refractivity contribution is 6.06. The summed E-state index contributed by atoms with van der Waals surface area (Å²) in [6.07, 6.45) is -0.504. The highest BCUT2D eigenvalue weighted by Crippen LogP contribution is 2.54. The van der Waals surface area contributed by atoms with Crippen molar-refractivity contribution in [3.05, 3.63) is 17.2 Å². The molecule has 5 heteroatoms. The molecule has 2 bridgehead atoms. The minimum absolute atomic E-state index is 0.0316. The third-order valence-corrected chi connectivity index (χ3v) is 4.75. The molecule has 0 N–H and O–H groups in total. The Kier molecular flexibility index (Phi) is 3.32. The van der Waals surface area contributed by atoms with E-state index < -0.39 is 6.10 Å². The Balaban J connectivity index is 2.28. The molecule has 5 nitrogen and oxygen atoms in total. The number of ketones is 1. The normalized spacial score (nSPS) is 30.0. The van der Waals surface area contributed by atoms with Gasteiger partial charge in [0.05, 0.1) is 33.0 Å². The van der Waals surface area contributed by atoms with Gasteiger partial charge in [-0.3, -0.25) is 4.79 Å². The van der Waals surface area contributed by atoms with Crippen molar-refractivity contribution in [2.24, 2.45) is 11.8 Å². The quantitative estimate of drug-likeness (QED) is 0.857. The van der Waals surface area contributed by atoms with E-state index in [1.807, 2.05) is 6.07 Å². The maximum absolute atomic E-state index is 12.8. The first-order chi connectivity index (χ1) is 10.0. The second-order valence-corrected chi connectivity index (χ2v) is 5.67. The highest BCUT2D eigenvalue weighted by atomic mass is 16.5. The number of ether oxygens (including phenoxy) is 4. The van der Waals surface area contributed by atoms with Crippen LogP contribution in [0.4, 0.5) is 0 Å². The van der Waals surface area contributed by atoms with Crippen LogP contribution in [-0.2, 0) is 4.74 Å². The van der Waals surface area contributed by atoms with Crippen molar-refractivity contribution >= 4 is 5.78 Å². The first-order valence-corrected chi connectivity index (χ1v) is 7.07. The zero-order valence-corrected chi connectivity index (χ0v) is 12.9. The molecule has 0 saturated carbocycles. The molecule has 0 radical (unpaired) electrons. The van der Waals surface area contributed by atoms with Gasteiger partial charge in [0, 0.05) is 0 Å². The number of hydrogen-bond acceptors (Lipinski definition) is 5. The van der Waals surface area contributed by atoms with Crippen LogP contribution < -0.4 is 14.2 Å². The molecule has 2 heterocycles. The van der Waals surface area contributed by atoms with Crippen LogP contribution in [0.5, 0.6) is 17.2 Å². The van der Waals surface area contributed by atoms with Gasteiger partial charge in [0.15, 0.2) is 17.3 Å². The van der Waals surface area contributed by atoms with Crippen LogP contribution in [0.1, 0.15) is 35.9 Å². The van der Waals surface area contributed by atoms with Crippen LogP contribution in [0.25, 0.3) is 0 Å². The average molecular weight is 292 g/mol. The van der Waals surface area contributed by atoms with Crippen LogP contribution in [0, 0.1) is 11.8 Å². The highest BCUT2D eigenvalue weighted by Gasteiger charge is 2.51. The summed E-state index contributed by atoms with van der Waals surface area (Å²) in [6, 6.07) is 1.84. The number of methoxy groups -OCH3 is 3. The summed E-state index contributed by atoms with van der Waals surface area (Å²) in [5, 5.41) is 0. The van der Waals surface area contributed by atoms with Crippen molar-refractivity contribution in [2.75, 3.05) is 21.3 Å². The summed E-state index contributed by atoms with van der Waals surface area (Å²) in [4.78, 5) is 12.8. The molecule has 0 spiro atoms. The van der Waals surface area contributed by atoms with E-state index in [1.165, 1.54) is 14.2 Å². The summed E-state index contributed by atoms with van der Waals surface area (Å²) in [5.74, 6) is 1.86. The lowest BCUT2D eigenvalue weighted by molar-refractivity contribution is 0.0187. The van der Waals surface area contributed by atoms with Crippen molar-refractivity contribution in [3.8, 4) is 17.2 Å². The first kappa shape index (κ1) is 14.2. The molecule has 21 heavy (non-hydrogen) atoms. The second kappa shape index (κ2) is 4.91. The lowest BCUT2D eigenvalue weighted by atomic mass is 9.90. The van der Waals surface area contributed by atoms with Gasteiger partial charge in [0.25, 0.3) is 0 Å². The molecular formula is C16H20O5. The molecule has 1 fully saturated rings. The average Bonchev–Trinajstić information content (AvgIpc) is 2.77. The smallest absolute Gasteiger partial charge is 0.204 e. The van der Waals surface area contributed by atoms with Gasteiger partial charge >= 0.3 is 0 Å². The fraction of sp³-hybridized carbons (Fsp3) is 0.562. The van der Waals surface area contributed by atoms with Crippen LogP contribution in [0.15, 0.2) is 6.07 Å². The van der Waals surface area contributed by atoms with E-state index in [2.05, 4.69) is 13.8 Å². The number of rotatable bonds is 3. The van der Waals surface area contributed by atoms with Crippen molar-refractivity contribution in [3.63, 3.8) is 0 Å². The van der Waals surface area contributed by atoms with E-state index in [9.17, 15) is 4.79 Å². The Morgan fingerprint density at radius 2 is 1.57 bits per heavy atom. The number of hydrogen-bond donors (Lipinski definition) is 0. The molecule has 114 valence electrons. The largest absolute Gasteiger partial charge is 0.493 e.